The highest BCUT2D eigenvalue weighted by atomic mass is 35.5. The average molecular weight is 352 g/mol. The maximum atomic E-state index is 12.8. The highest BCUT2D eigenvalue weighted by Crippen LogP contribution is 2.30. The Labute approximate surface area is 136 Å². The molecule has 1 aromatic rings. The lowest BCUT2D eigenvalue weighted by molar-refractivity contribution is 0.157. The fourth-order valence-electron chi connectivity index (χ4n) is 2.64. The lowest BCUT2D eigenvalue weighted by Gasteiger charge is -2.19. The van der Waals surface area contributed by atoms with Crippen molar-refractivity contribution in [1.29, 1.82) is 0 Å². The van der Waals surface area contributed by atoms with Crippen LogP contribution in [0.3, 0.4) is 0 Å². The zero-order chi connectivity index (χ0) is 15.6. The Hall–Kier alpha value is -0.330. The lowest BCUT2D eigenvalue weighted by Crippen LogP contribution is -2.30. The van der Waals surface area contributed by atoms with Crippen molar-refractivity contribution in [3.8, 4) is 0 Å². The topological polar surface area (TPSA) is 46.6 Å². The summed E-state index contributed by atoms with van der Waals surface area (Å²) in [6, 6.07) is 3.21. The van der Waals surface area contributed by atoms with Crippen molar-refractivity contribution in [1.82, 2.24) is 4.31 Å². The van der Waals surface area contributed by atoms with Crippen molar-refractivity contribution in [2.45, 2.75) is 24.1 Å². The SMILES string of the molecule is COCC1CCN(S(=O)(=O)c2cc(Cl)cc(CCl)c2C)C1. The average Bonchev–Trinajstić information content (AvgIpc) is 2.90. The molecule has 21 heavy (non-hydrogen) atoms. The summed E-state index contributed by atoms with van der Waals surface area (Å²) in [4.78, 5) is 0.253. The standard InChI is InChI=1S/C14H19Cl2NO3S/c1-10-12(7-15)5-13(16)6-14(10)21(18,19)17-4-3-11(8-17)9-20-2/h5-6,11H,3-4,7-9H2,1-2H3. The van der Waals surface area contributed by atoms with Crippen LogP contribution in [-0.2, 0) is 20.6 Å². The van der Waals surface area contributed by atoms with Crippen molar-refractivity contribution in [2.24, 2.45) is 5.92 Å². The van der Waals surface area contributed by atoms with Crippen molar-refractivity contribution < 1.29 is 13.2 Å². The van der Waals surface area contributed by atoms with Crippen LogP contribution in [0.15, 0.2) is 17.0 Å². The Morgan fingerprint density at radius 3 is 2.76 bits per heavy atom. The number of benzene rings is 1. The van der Waals surface area contributed by atoms with Crippen LogP contribution in [0.25, 0.3) is 0 Å². The largest absolute Gasteiger partial charge is 0.384 e. The van der Waals surface area contributed by atoms with Gasteiger partial charge in [0.05, 0.1) is 11.5 Å². The number of sulfonamides is 1. The molecular formula is C14H19Cl2NO3S. The number of methoxy groups -OCH3 is 1. The molecule has 1 fully saturated rings. The molecule has 2 rings (SSSR count). The van der Waals surface area contributed by atoms with Gasteiger partial charge in [0, 0.05) is 31.1 Å². The van der Waals surface area contributed by atoms with E-state index in [0.29, 0.717) is 30.3 Å². The highest BCUT2D eigenvalue weighted by Gasteiger charge is 2.33. The quantitative estimate of drug-likeness (QED) is 0.766. The van der Waals surface area contributed by atoms with E-state index in [9.17, 15) is 8.42 Å². The second-order valence-corrected chi connectivity index (χ2v) is 7.90. The van der Waals surface area contributed by atoms with Gasteiger partial charge in [0.2, 0.25) is 10.0 Å². The Bertz CT molecular complexity index is 619. The molecule has 1 aliphatic rings. The molecule has 4 nitrogen and oxygen atoms in total. The first-order chi connectivity index (χ1) is 9.90. The van der Waals surface area contributed by atoms with Gasteiger partial charge < -0.3 is 4.74 Å². The number of alkyl halides is 1. The molecule has 0 aromatic heterocycles. The van der Waals surface area contributed by atoms with Crippen LogP contribution in [0, 0.1) is 12.8 Å². The fourth-order valence-corrected chi connectivity index (χ4v) is 5.05. The zero-order valence-electron chi connectivity index (χ0n) is 12.1. The molecule has 1 heterocycles. The molecular weight excluding hydrogens is 333 g/mol. The number of hydrogen-bond donors (Lipinski definition) is 0. The van der Waals surface area contributed by atoms with Crippen molar-refractivity contribution in [2.75, 3.05) is 26.8 Å². The van der Waals surface area contributed by atoms with E-state index in [4.69, 9.17) is 27.9 Å². The summed E-state index contributed by atoms with van der Waals surface area (Å²) in [6.45, 7) is 3.34. The van der Waals surface area contributed by atoms with E-state index in [1.807, 2.05) is 0 Å². The molecule has 1 unspecified atom stereocenters. The highest BCUT2D eigenvalue weighted by molar-refractivity contribution is 7.89. The number of hydrogen-bond acceptors (Lipinski definition) is 3. The number of halogens is 2. The van der Waals surface area contributed by atoms with Gasteiger partial charge in [-0.1, -0.05) is 11.6 Å². The molecule has 118 valence electrons. The lowest BCUT2D eigenvalue weighted by atomic mass is 10.1. The minimum absolute atomic E-state index is 0.237. The first kappa shape index (κ1) is 17.0. The third-order valence-electron chi connectivity index (χ3n) is 3.85. The van der Waals surface area contributed by atoms with Gasteiger partial charge >= 0.3 is 0 Å². The monoisotopic (exact) mass is 351 g/mol. The van der Waals surface area contributed by atoms with Gasteiger partial charge in [-0.2, -0.15) is 4.31 Å². The second-order valence-electron chi connectivity index (χ2n) is 5.29. The maximum absolute atomic E-state index is 12.8. The van der Waals surface area contributed by atoms with Crippen LogP contribution in [0.4, 0.5) is 0 Å². The fraction of sp³-hybridized carbons (Fsp3) is 0.571. The summed E-state index contributed by atoms with van der Waals surface area (Å²) in [7, 11) is -1.91. The molecule has 0 N–H and O–H groups in total. The van der Waals surface area contributed by atoms with Crippen LogP contribution in [0.2, 0.25) is 5.02 Å². The third-order valence-corrected chi connectivity index (χ3v) is 6.34. The number of rotatable bonds is 5. The van der Waals surface area contributed by atoms with E-state index in [-0.39, 0.29) is 16.7 Å². The van der Waals surface area contributed by atoms with Gasteiger partial charge in [0.1, 0.15) is 0 Å². The Kier molecular flexibility index (Phi) is 5.54. The first-order valence-electron chi connectivity index (χ1n) is 6.74. The molecule has 1 atom stereocenters. The van der Waals surface area contributed by atoms with Crippen LogP contribution < -0.4 is 0 Å². The zero-order valence-corrected chi connectivity index (χ0v) is 14.4. The minimum atomic E-state index is -3.54. The molecule has 0 amide bonds. The van der Waals surface area contributed by atoms with Gasteiger partial charge in [-0.3, -0.25) is 0 Å². The van der Waals surface area contributed by atoms with E-state index in [1.54, 1.807) is 20.1 Å². The molecule has 0 saturated carbocycles. The summed E-state index contributed by atoms with van der Waals surface area (Å²) in [6.07, 6.45) is 0.815. The number of ether oxygens (including phenoxy) is 1. The van der Waals surface area contributed by atoms with Crippen molar-refractivity contribution in [3.63, 3.8) is 0 Å². The first-order valence-corrected chi connectivity index (χ1v) is 9.09. The normalized spacial score (nSPS) is 20.1. The van der Waals surface area contributed by atoms with Gasteiger partial charge in [-0.25, -0.2) is 8.42 Å². The summed E-state index contributed by atoms with van der Waals surface area (Å²) >= 11 is 11.9. The molecule has 0 spiro atoms. The summed E-state index contributed by atoms with van der Waals surface area (Å²) in [5.41, 5.74) is 1.42. The molecule has 7 heteroatoms. The molecule has 1 saturated heterocycles. The van der Waals surface area contributed by atoms with E-state index >= 15 is 0 Å². The predicted octanol–water partition coefficient (Wildman–Crippen LogP) is 3.04. The van der Waals surface area contributed by atoms with Crippen LogP contribution in [0.5, 0.6) is 0 Å². The van der Waals surface area contributed by atoms with Gasteiger partial charge in [0.25, 0.3) is 0 Å². The summed E-state index contributed by atoms with van der Waals surface area (Å²) in [5, 5.41) is 0.391. The van der Waals surface area contributed by atoms with E-state index < -0.39 is 10.0 Å². The van der Waals surface area contributed by atoms with Gasteiger partial charge in [-0.05, 0) is 42.5 Å². The smallest absolute Gasteiger partial charge is 0.243 e. The summed E-state index contributed by atoms with van der Waals surface area (Å²) in [5.74, 6) is 0.484. The molecule has 0 aliphatic carbocycles. The third kappa shape index (κ3) is 3.54. The van der Waals surface area contributed by atoms with Crippen LogP contribution in [0.1, 0.15) is 17.5 Å². The van der Waals surface area contributed by atoms with Crippen molar-refractivity contribution >= 4 is 33.2 Å². The summed E-state index contributed by atoms with van der Waals surface area (Å²) < 4.78 is 32.2. The predicted molar refractivity (Wildman–Crippen MR) is 84.5 cm³/mol. The van der Waals surface area contributed by atoms with Gasteiger partial charge in [0.15, 0.2) is 0 Å². The van der Waals surface area contributed by atoms with E-state index in [1.165, 1.54) is 10.4 Å². The Balaban J connectivity index is 2.35. The molecule has 1 aromatic carbocycles. The molecule has 0 radical (unpaired) electrons. The Morgan fingerprint density at radius 1 is 1.43 bits per heavy atom. The second kappa shape index (κ2) is 6.84. The van der Waals surface area contributed by atoms with Crippen LogP contribution >= 0.6 is 23.2 Å². The van der Waals surface area contributed by atoms with E-state index in [0.717, 1.165) is 12.0 Å². The molecule has 1 aliphatic heterocycles. The maximum Gasteiger partial charge on any atom is 0.243 e. The van der Waals surface area contributed by atoms with Crippen molar-refractivity contribution in [3.05, 3.63) is 28.3 Å². The Morgan fingerprint density at radius 2 is 2.14 bits per heavy atom. The van der Waals surface area contributed by atoms with Gasteiger partial charge in [-0.15, -0.1) is 11.6 Å². The van der Waals surface area contributed by atoms with E-state index in [2.05, 4.69) is 0 Å². The molecule has 0 bridgehead atoms. The van der Waals surface area contributed by atoms with Crippen LogP contribution in [-0.4, -0.2) is 39.5 Å². The number of nitrogens with zero attached hydrogens (tertiary/aromatic N) is 1. The minimum Gasteiger partial charge on any atom is -0.384 e.